The van der Waals surface area contributed by atoms with Crippen molar-refractivity contribution in [3.05, 3.63) is 0 Å². The fourth-order valence-corrected chi connectivity index (χ4v) is 2.71. The zero-order valence-corrected chi connectivity index (χ0v) is 7.89. The summed E-state index contributed by atoms with van der Waals surface area (Å²) in [7, 11) is 0. The van der Waals surface area contributed by atoms with Crippen molar-refractivity contribution in [2.45, 2.75) is 50.6 Å². The molecule has 1 nitrogen and oxygen atoms in total. The van der Waals surface area contributed by atoms with E-state index in [1.54, 1.807) is 0 Å². The van der Waals surface area contributed by atoms with E-state index in [1.165, 1.54) is 0 Å². The van der Waals surface area contributed by atoms with Crippen molar-refractivity contribution < 1.29 is 13.9 Å². The lowest BCUT2D eigenvalue weighted by molar-refractivity contribution is -0.0117. The van der Waals surface area contributed by atoms with Crippen LogP contribution < -0.4 is 0 Å². The Kier molecular flexibility index (Phi) is 1.92. The summed E-state index contributed by atoms with van der Waals surface area (Å²) in [5.41, 5.74) is -0.727. The minimum atomic E-state index is -2.51. The molecular formula is C10H16F2O. The minimum Gasteiger partial charge on any atom is -0.389 e. The number of hydrogen-bond acceptors (Lipinski definition) is 1. The predicted molar refractivity (Wildman–Crippen MR) is 45.6 cm³/mol. The maximum absolute atomic E-state index is 12.9. The average Bonchev–Trinajstić information content (AvgIpc) is 2.58. The van der Waals surface area contributed by atoms with Gasteiger partial charge in [0.25, 0.3) is 0 Å². The van der Waals surface area contributed by atoms with Gasteiger partial charge in [0, 0.05) is 12.8 Å². The Morgan fingerprint density at radius 1 is 1.38 bits per heavy atom. The molecule has 1 N–H and O–H groups in total. The molecule has 0 saturated heterocycles. The van der Waals surface area contributed by atoms with Crippen LogP contribution in [-0.2, 0) is 0 Å². The summed E-state index contributed by atoms with van der Waals surface area (Å²) in [4.78, 5) is 0. The average molecular weight is 190 g/mol. The van der Waals surface area contributed by atoms with Gasteiger partial charge in [0.2, 0.25) is 5.92 Å². The molecule has 2 saturated carbocycles. The highest BCUT2D eigenvalue weighted by Crippen LogP contribution is 2.57. The van der Waals surface area contributed by atoms with Crippen molar-refractivity contribution in [3.8, 4) is 0 Å². The smallest absolute Gasteiger partial charge is 0.248 e. The lowest BCUT2D eigenvalue weighted by Crippen LogP contribution is -2.24. The maximum atomic E-state index is 12.9. The first-order valence-corrected chi connectivity index (χ1v) is 5.08. The van der Waals surface area contributed by atoms with Crippen LogP contribution in [0.15, 0.2) is 0 Å². The quantitative estimate of drug-likeness (QED) is 0.709. The van der Waals surface area contributed by atoms with Gasteiger partial charge in [-0.05, 0) is 24.7 Å². The summed E-state index contributed by atoms with van der Waals surface area (Å²) in [5, 5.41) is 9.99. The van der Waals surface area contributed by atoms with E-state index in [1.807, 2.05) is 6.92 Å². The number of rotatable bonds is 2. The van der Waals surface area contributed by atoms with Crippen molar-refractivity contribution in [1.29, 1.82) is 0 Å². The van der Waals surface area contributed by atoms with Crippen LogP contribution in [-0.4, -0.2) is 16.6 Å². The standard InChI is InChI=1S/C10H16F2O/c1-2-7-6-10(7,13)8-3-4-9(11,12)5-8/h7-8,13H,2-6H2,1H3. The molecule has 13 heavy (non-hydrogen) atoms. The molecule has 0 radical (unpaired) electrons. The zero-order chi connectivity index (χ0) is 9.69. The third-order valence-corrected chi connectivity index (χ3v) is 3.72. The van der Waals surface area contributed by atoms with Crippen molar-refractivity contribution in [3.63, 3.8) is 0 Å². The molecule has 0 spiro atoms. The first-order chi connectivity index (χ1) is 5.98. The highest BCUT2D eigenvalue weighted by atomic mass is 19.3. The van der Waals surface area contributed by atoms with Gasteiger partial charge in [0.05, 0.1) is 5.60 Å². The molecule has 2 aliphatic carbocycles. The number of hydrogen-bond donors (Lipinski definition) is 1. The molecule has 0 bridgehead atoms. The Hall–Kier alpha value is -0.180. The van der Waals surface area contributed by atoms with Gasteiger partial charge in [-0.25, -0.2) is 8.78 Å². The van der Waals surface area contributed by atoms with Gasteiger partial charge in [0.15, 0.2) is 0 Å². The molecule has 3 heteroatoms. The van der Waals surface area contributed by atoms with Crippen LogP contribution in [0.5, 0.6) is 0 Å². The molecule has 76 valence electrons. The lowest BCUT2D eigenvalue weighted by atomic mass is 9.96. The van der Waals surface area contributed by atoms with Gasteiger partial charge in [0.1, 0.15) is 0 Å². The molecule has 2 aliphatic rings. The Morgan fingerprint density at radius 3 is 2.46 bits per heavy atom. The Morgan fingerprint density at radius 2 is 2.08 bits per heavy atom. The van der Waals surface area contributed by atoms with E-state index < -0.39 is 11.5 Å². The van der Waals surface area contributed by atoms with Gasteiger partial charge in [-0.1, -0.05) is 13.3 Å². The Balaban J connectivity index is 1.98. The Bertz CT molecular complexity index is 217. The first kappa shape index (κ1) is 9.38. The molecule has 0 heterocycles. The third-order valence-electron chi connectivity index (χ3n) is 3.72. The molecule has 0 amide bonds. The van der Waals surface area contributed by atoms with Gasteiger partial charge >= 0.3 is 0 Å². The summed E-state index contributed by atoms with van der Waals surface area (Å²) in [6.07, 6.45) is 2.03. The van der Waals surface area contributed by atoms with Crippen LogP contribution in [0, 0.1) is 11.8 Å². The highest BCUT2D eigenvalue weighted by molar-refractivity contribution is 5.09. The van der Waals surface area contributed by atoms with E-state index in [-0.39, 0.29) is 24.7 Å². The van der Waals surface area contributed by atoms with Crippen LogP contribution >= 0.6 is 0 Å². The van der Waals surface area contributed by atoms with Crippen LogP contribution in [0.4, 0.5) is 8.78 Å². The normalized spacial score (nSPS) is 48.0. The lowest BCUT2D eigenvalue weighted by Gasteiger charge is -2.18. The SMILES string of the molecule is CCC1CC1(O)C1CCC(F)(F)C1. The monoisotopic (exact) mass is 190 g/mol. The number of aliphatic hydroxyl groups is 1. The van der Waals surface area contributed by atoms with Crippen molar-refractivity contribution in [2.75, 3.05) is 0 Å². The molecule has 2 fully saturated rings. The van der Waals surface area contributed by atoms with Gasteiger partial charge < -0.3 is 5.11 Å². The minimum absolute atomic E-state index is 0.0313. The summed E-state index contributed by atoms with van der Waals surface area (Å²) in [6, 6.07) is 0. The van der Waals surface area contributed by atoms with Crippen molar-refractivity contribution >= 4 is 0 Å². The molecular weight excluding hydrogens is 174 g/mol. The van der Waals surface area contributed by atoms with E-state index in [9.17, 15) is 13.9 Å². The van der Waals surface area contributed by atoms with E-state index in [4.69, 9.17) is 0 Å². The second-order valence-electron chi connectivity index (χ2n) is 4.60. The summed E-state index contributed by atoms with van der Waals surface area (Å²) in [5.74, 6) is -2.37. The summed E-state index contributed by atoms with van der Waals surface area (Å²) >= 11 is 0. The second kappa shape index (κ2) is 2.66. The van der Waals surface area contributed by atoms with Crippen LogP contribution in [0.1, 0.15) is 39.0 Å². The third kappa shape index (κ3) is 1.47. The zero-order valence-electron chi connectivity index (χ0n) is 7.89. The summed E-state index contributed by atoms with van der Waals surface area (Å²) < 4.78 is 25.7. The molecule has 0 aliphatic heterocycles. The van der Waals surface area contributed by atoms with E-state index in [2.05, 4.69) is 0 Å². The number of alkyl halides is 2. The van der Waals surface area contributed by atoms with E-state index in [0.717, 1.165) is 12.8 Å². The fourth-order valence-electron chi connectivity index (χ4n) is 2.71. The molecule has 2 rings (SSSR count). The van der Waals surface area contributed by atoms with Crippen molar-refractivity contribution in [2.24, 2.45) is 11.8 Å². The van der Waals surface area contributed by atoms with Crippen LogP contribution in [0.25, 0.3) is 0 Å². The second-order valence-corrected chi connectivity index (χ2v) is 4.60. The van der Waals surface area contributed by atoms with E-state index in [0.29, 0.717) is 6.42 Å². The number of halogens is 2. The topological polar surface area (TPSA) is 20.2 Å². The molecule has 0 aromatic rings. The molecule has 3 unspecified atom stereocenters. The van der Waals surface area contributed by atoms with Crippen molar-refractivity contribution in [1.82, 2.24) is 0 Å². The van der Waals surface area contributed by atoms with E-state index >= 15 is 0 Å². The largest absolute Gasteiger partial charge is 0.389 e. The predicted octanol–water partition coefficient (Wildman–Crippen LogP) is 2.58. The van der Waals surface area contributed by atoms with Gasteiger partial charge in [-0.15, -0.1) is 0 Å². The fraction of sp³-hybridized carbons (Fsp3) is 1.00. The van der Waals surface area contributed by atoms with Gasteiger partial charge in [-0.3, -0.25) is 0 Å². The highest BCUT2D eigenvalue weighted by Gasteiger charge is 2.60. The van der Waals surface area contributed by atoms with Crippen LogP contribution in [0.2, 0.25) is 0 Å². The first-order valence-electron chi connectivity index (χ1n) is 5.08. The maximum Gasteiger partial charge on any atom is 0.248 e. The molecule has 3 atom stereocenters. The van der Waals surface area contributed by atoms with Crippen LogP contribution in [0.3, 0.4) is 0 Å². The summed E-state index contributed by atoms with van der Waals surface area (Å²) in [6.45, 7) is 2.01. The Labute approximate surface area is 77.1 Å². The molecule has 0 aromatic carbocycles. The molecule has 0 aromatic heterocycles. The van der Waals surface area contributed by atoms with Gasteiger partial charge in [-0.2, -0.15) is 0 Å².